The Morgan fingerprint density at radius 2 is 2.00 bits per heavy atom. The number of carboxylic acids is 1. The molecular weight excluding hydrogens is 266 g/mol. The largest absolute Gasteiger partial charge is 0.478 e. The van der Waals surface area contributed by atoms with E-state index in [1.54, 1.807) is 14.1 Å². The summed E-state index contributed by atoms with van der Waals surface area (Å²) in [7, 11) is 3.15. The number of nitrogens with zero attached hydrogens (tertiary/aromatic N) is 2. The number of anilines is 1. The van der Waals surface area contributed by atoms with E-state index in [0.29, 0.717) is 0 Å². The molecule has 0 aliphatic heterocycles. The van der Waals surface area contributed by atoms with E-state index in [-0.39, 0.29) is 35.0 Å². The van der Waals surface area contributed by atoms with Crippen LogP contribution in [0.4, 0.5) is 11.4 Å². The Labute approximate surface area is 115 Å². The maximum Gasteiger partial charge on any atom is 0.336 e. The molecule has 1 aromatic carbocycles. The second-order valence-electron chi connectivity index (χ2n) is 4.37. The summed E-state index contributed by atoms with van der Waals surface area (Å²) >= 11 is 0. The lowest BCUT2D eigenvalue weighted by molar-refractivity contribution is -0.385. The first-order chi connectivity index (χ1) is 9.23. The average Bonchev–Trinajstić information content (AvgIpc) is 2.36. The third kappa shape index (κ3) is 3.44. The van der Waals surface area contributed by atoms with Gasteiger partial charge >= 0.3 is 5.97 Å². The summed E-state index contributed by atoms with van der Waals surface area (Å²) in [6.07, 6.45) is 0. The van der Waals surface area contributed by atoms with Crippen molar-refractivity contribution in [3.8, 4) is 0 Å². The third-order valence-electron chi connectivity index (χ3n) is 2.75. The number of nitro groups is 1. The monoisotopic (exact) mass is 281 g/mol. The smallest absolute Gasteiger partial charge is 0.336 e. The number of carbonyl (C=O) groups is 2. The molecule has 8 heteroatoms. The minimum atomic E-state index is -1.27. The maximum absolute atomic E-state index is 11.5. The van der Waals surface area contributed by atoms with Crippen molar-refractivity contribution in [3.05, 3.63) is 33.4 Å². The number of likely N-dealkylation sites (N-methyl/N-ethyl adjacent to an activating group) is 1. The summed E-state index contributed by atoms with van der Waals surface area (Å²) in [6, 6.07) is 2.27. The minimum absolute atomic E-state index is 0.0753. The van der Waals surface area contributed by atoms with Gasteiger partial charge in [-0.3, -0.25) is 14.9 Å². The SMILES string of the molecule is Cc1c(NCC(=O)N(C)C)cc(C(=O)O)cc1[N+](=O)[O-]. The fraction of sp³-hybridized carbons (Fsp3) is 0.333. The van der Waals surface area contributed by atoms with Gasteiger partial charge in [0.1, 0.15) is 0 Å². The molecule has 8 nitrogen and oxygen atoms in total. The van der Waals surface area contributed by atoms with E-state index in [1.165, 1.54) is 17.9 Å². The summed E-state index contributed by atoms with van der Waals surface area (Å²) in [5.74, 6) is -1.50. The second kappa shape index (κ2) is 6.00. The van der Waals surface area contributed by atoms with Gasteiger partial charge in [-0.25, -0.2) is 4.79 Å². The molecule has 0 unspecified atom stereocenters. The highest BCUT2D eigenvalue weighted by Gasteiger charge is 2.19. The number of carbonyl (C=O) groups excluding carboxylic acids is 1. The molecule has 0 atom stereocenters. The van der Waals surface area contributed by atoms with Crippen LogP contribution in [0.25, 0.3) is 0 Å². The molecule has 0 aliphatic rings. The lowest BCUT2D eigenvalue weighted by Gasteiger charge is -2.14. The van der Waals surface area contributed by atoms with Crippen molar-refractivity contribution in [2.45, 2.75) is 6.92 Å². The minimum Gasteiger partial charge on any atom is -0.478 e. The Bertz CT molecular complexity index is 568. The van der Waals surface area contributed by atoms with Crippen molar-refractivity contribution in [3.63, 3.8) is 0 Å². The number of hydrogen-bond acceptors (Lipinski definition) is 5. The number of aromatic carboxylic acids is 1. The van der Waals surface area contributed by atoms with Crippen LogP contribution in [0.2, 0.25) is 0 Å². The molecule has 0 spiro atoms. The Kier molecular flexibility index (Phi) is 4.63. The van der Waals surface area contributed by atoms with Gasteiger partial charge in [-0.15, -0.1) is 0 Å². The molecule has 0 aromatic heterocycles. The van der Waals surface area contributed by atoms with Crippen LogP contribution in [-0.4, -0.2) is 47.4 Å². The highest BCUT2D eigenvalue weighted by molar-refractivity contribution is 5.91. The molecular formula is C12H15N3O5. The second-order valence-corrected chi connectivity index (χ2v) is 4.37. The standard InChI is InChI=1S/C12H15N3O5/c1-7-9(13-6-11(16)14(2)3)4-8(12(17)18)5-10(7)15(19)20/h4-5,13H,6H2,1-3H3,(H,17,18). The number of carboxylic acid groups (broad SMARTS) is 1. The van der Waals surface area contributed by atoms with Crippen LogP contribution in [0.5, 0.6) is 0 Å². The molecule has 0 aliphatic carbocycles. The molecule has 0 radical (unpaired) electrons. The lowest BCUT2D eigenvalue weighted by Crippen LogP contribution is -2.28. The fourth-order valence-corrected chi connectivity index (χ4v) is 1.52. The molecule has 0 saturated heterocycles. The molecule has 0 fully saturated rings. The molecule has 1 amide bonds. The average molecular weight is 281 g/mol. The van der Waals surface area contributed by atoms with E-state index >= 15 is 0 Å². The predicted molar refractivity (Wildman–Crippen MR) is 72.0 cm³/mol. The van der Waals surface area contributed by atoms with Crippen LogP contribution in [0.15, 0.2) is 12.1 Å². The Morgan fingerprint density at radius 1 is 1.40 bits per heavy atom. The number of rotatable bonds is 5. The van der Waals surface area contributed by atoms with Crippen LogP contribution >= 0.6 is 0 Å². The van der Waals surface area contributed by atoms with Crippen LogP contribution in [0.1, 0.15) is 15.9 Å². The Balaban J connectivity index is 3.14. The van der Waals surface area contributed by atoms with Crippen molar-refractivity contribution in [1.82, 2.24) is 4.90 Å². The van der Waals surface area contributed by atoms with Crippen LogP contribution in [-0.2, 0) is 4.79 Å². The lowest BCUT2D eigenvalue weighted by atomic mass is 10.1. The van der Waals surface area contributed by atoms with Crippen LogP contribution in [0.3, 0.4) is 0 Å². The number of hydrogen-bond donors (Lipinski definition) is 2. The zero-order valence-electron chi connectivity index (χ0n) is 11.3. The fourth-order valence-electron chi connectivity index (χ4n) is 1.52. The van der Waals surface area contributed by atoms with Crippen LogP contribution < -0.4 is 5.32 Å². The van der Waals surface area contributed by atoms with E-state index < -0.39 is 10.9 Å². The van der Waals surface area contributed by atoms with Gasteiger partial charge in [0, 0.05) is 31.4 Å². The van der Waals surface area contributed by atoms with Gasteiger partial charge in [-0.05, 0) is 13.0 Å². The number of nitrogens with one attached hydrogen (secondary N) is 1. The molecule has 20 heavy (non-hydrogen) atoms. The third-order valence-corrected chi connectivity index (χ3v) is 2.75. The first-order valence-electron chi connectivity index (χ1n) is 5.70. The summed E-state index contributed by atoms with van der Waals surface area (Å²) in [4.78, 5) is 34.1. The Hall–Kier alpha value is -2.64. The van der Waals surface area contributed by atoms with Crippen molar-refractivity contribution in [1.29, 1.82) is 0 Å². The van der Waals surface area contributed by atoms with Gasteiger partial charge in [-0.2, -0.15) is 0 Å². The van der Waals surface area contributed by atoms with Gasteiger partial charge in [0.25, 0.3) is 5.69 Å². The quantitative estimate of drug-likeness (QED) is 0.617. The molecule has 2 N–H and O–H groups in total. The van der Waals surface area contributed by atoms with Gasteiger partial charge in [-0.1, -0.05) is 0 Å². The molecule has 108 valence electrons. The molecule has 1 aromatic rings. The van der Waals surface area contributed by atoms with Crippen molar-refractivity contribution in [2.75, 3.05) is 26.0 Å². The van der Waals surface area contributed by atoms with Crippen molar-refractivity contribution in [2.24, 2.45) is 0 Å². The number of amides is 1. The van der Waals surface area contributed by atoms with Crippen molar-refractivity contribution < 1.29 is 19.6 Å². The van der Waals surface area contributed by atoms with E-state index in [9.17, 15) is 19.7 Å². The summed E-state index contributed by atoms with van der Waals surface area (Å²) in [5, 5.41) is 22.6. The van der Waals surface area contributed by atoms with E-state index in [2.05, 4.69) is 5.32 Å². The first-order valence-corrected chi connectivity index (χ1v) is 5.70. The van der Waals surface area contributed by atoms with Gasteiger partial charge < -0.3 is 15.3 Å². The molecule has 0 heterocycles. The number of nitro benzene ring substituents is 1. The van der Waals surface area contributed by atoms with Crippen LogP contribution in [0, 0.1) is 17.0 Å². The summed E-state index contributed by atoms with van der Waals surface area (Å²) in [6.45, 7) is 1.42. The summed E-state index contributed by atoms with van der Waals surface area (Å²) < 4.78 is 0. The molecule has 0 saturated carbocycles. The molecule has 0 bridgehead atoms. The normalized spacial score (nSPS) is 9.95. The predicted octanol–water partition coefficient (Wildman–Crippen LogP) is 1.10. The van der Waals surface area contributed by atoms with Gasteiger partial charge in [0.15, 0.2) is 0 Å². The Morgan fingerprint density at radius 3 is 2.45 bits per heavy atom. The maximum atomic E-state index is 11.5. The molecule has 1 rings (SSSR count). The van der Waals surface area contributed by atoms with Crippen molar-refractivity contribution >= 4 is 23.3 Å². The van der Waals surface area contributed by atoms with E-state index in [0.717, 1.165) is 6.07 Å². The van der Waals surface area contributed by atoms with E-state index in [1.807, 2.05) is 0 Å². The summed E-state index contributed by atoms with van der Waals surface area (Å²) in [5.41, 5.74) is 0.0326. The highest BCUT2D eigenvalue weighted by Crippen LogP contribution is 2.27. The van der Waals surface area contributed by atoms with E-state index in [4.69, 9.17) is 5.11 Å². The zero-order valence-corrected chi connectivity index (χ0v) is 11.3. The highest BCUT2D eigenvalue weighted by atomic mass is 16.6. The first kappa shape index (κ1) is 15.4. The van der Waals surface area contributed by atoms with Gasteiger partial charge in [0.2, 0.25) is 5.91 Å². The number of benzene rings is 1. The van der Waals surface area contributed by atoms with Gasteiger partial charge in [0.05, 0.1) is 17.0 Å². The topological polar surface area (TPSA) is 113 Å². The zero-order chi connectivity index (χ0) is 15.4.